The molecule has 3 N–H and O–H groups in total. The summed E-state index contributed by atoms with van der Waals surface area (Å²) < 4.78 is 16.3. The molecule has 11 heteroatoms. The second-order valence-electron chi connectivity index (χ2n) is 5.78. The minimum absolute atomic E-state index is 0.00548. The molecule has 10 nitrogen and oxygen atoms in total. The predicted octanol–water partition coefficient (Wildman–Crippen LogP) is -0.233. The van der Waals surface area contributed by atoms with Crippen LogP contribution < -0.4 is 11.1 Å². The predicted molar refractivity (Wildman–Crippen MR) is 87.2 cm³/mol. The van der Waals surface area contributed by atoms with Crippen LogP contribution in [-0.4, -0.2) is 30.9 Å². The lowest BCUT2D eigenvalue weighted by Crippen LogP contribution is -2.35. The number of ketones is 2. The second-order valence-corrected chi connectivity index (χ2v) is 7.02. The quantitative estimate of drug-likeness (QED) is 0.526. The van der Waals surface area contributed by atoms with Crippen LogP contribution in [-0.2, 0) is 22.7 Å². The molecule has 0 saturated heterocycles. The molecule has 0 amide bonds. The highest BCUT2D eigenvalue weighted by Crippen LogP contribution is 2.38. The van der Waals surface area contributed by atoms with Crippen molar-refractivity contribution in [3.63, 3.8) is 0 Å². The minimum Gasteiger partial charge on any atom is -0.318 e. The number of aromatic amines is 1. The molecule has 2 aromatic heterocycles. The molecule has 0 aliphatic heterocycles. The van der Waals surface area contributed by atoms with E-state index in [-0.39, 0.29) is 33.6 Å². The van der Waals surface area contributed by atoms with E-state index in [1.165, 1.54) is 20.0 Å². The monoisotopic (exact) mass is 380 g/mol. The number of aryl methyl sites for hydroxylation is 1. The molecule has 26 heavy (non-hydrogen) atoms. The van der Waals surface area contributed by atoms with E-state index in [1.807, 2.05) is 0 Å². The van der Waals surface area contributed by atoms with E-state index < -0.39 is 37.1 Å². The van der Waals surface area contributed by atoms with E-state index in [2.05, 4.69) is 9.51 Å². The van der Waals surface area contributed by atoms with Crippen LogP contribution in [0.4, 0.5) is 0 Å². The third kappa shape index (κ3) is 2.89. The minimum atomic E-state index is -4.86. The number of H-pyrrole nitrogens is 1. The molecule has 0 bridgehead atoms. The number of phosphoric acid groups is 1. The van der Waals surface area contributed by atoms with Crippen molar-refractivity contribution in [2.24, 2.45) is 7.05 Å². The fourth-order valence-corrected chi connectivity index (χ4v) is 3.23. The number of fused-ring (bicyclic) bond motifs is 2. The Morgan fingerprint density at radius 3 is 2.38 bits per heavy atom. The van der Waals surface area contributed by atoms with Gasteiger partial charge in [-0.25, -0.2) is 4.57 Å². The third-order valence-electron chi connectivity index (χ3n) is 4.05. The van der Waals surface area contributed by atoms with Crippen molar-refractivity contribution in [3.8, 4) is 0 Å². The Balaban J connectivity index is 2.29. The van der Waals surface area contributed by atoms with Crippen molar-refractivity contribution in [1.29, 1.82) is 0 Å². The Labute approximate surface area is 145 Å². The molecule has 0 saturated carbocycles. The number of carbonyl (C=O) groups excluding carboxylic acids is 2. The van der Waals surface area contributed by atoms with Crippen LogP contribution in [0.15, 0.2) is 21.7 Å². The van der Waals surface area contributed by atoms with Gasteiger partial charge in [0.05, 0.1) is 17.7 Å². The molecule has 0 radical (unpaired) electrons. The smallest absolute Gasteiger partial charge is 0.318 e. The number of pyridine rings is 2. The Bertz CT molecular complexity index is 1140. The van der Waals surface area contributed by atoms with Crippen molar-refractivity contribution in [2.45, 2.75) is 13.5 Å². The highest BCUT2D eigenvalue weighted by atomic mass is 31.2. The Kier molecular flexibility index (Phi) is 4.16. The zero-order valence-corrected chi connectivity index (χ0v) is 14.5. The molecule has 0 atom stereocenters. The Morgan fingerprint density at radius 2 is 1.77 bits per heavy atom. The van der Waals surface area contributed by atoms with Crippen LogP contribution in [0.1, 0.15) is 43.2 Å². The number of phosphoric ester groups is 1. The molecule has 0 unspecified atom stereocenters. The van der Waals surface area contributed by atoms with Gasteiger partial charge in [-0.3, -0.25) is 23.7 Å². The van der Waals surface area contributed by atoms with E-state index in [1.54, 1.807) is 0 Å². The highest BCUT2D eigenvalue weighted by molar-refractivity contribution is 7.46. The van der Waals surface area contributed by atoms with Gasteiger partial charge in [-0.1, -0.05) is 0 Å². The fourth-order valence-electron chi connectivity index (χ4n) is 2.92. The molecule has 2 heterocycles. The number of hydrogen-bond acceptors (Lipinski definition) is 6. The molecule has 2 aromatic rings. The van der Waals surface area contributed by atoms with E-state index in [9.17, 15) is 23.7 Å². The summed E-state index contributed by atoms with van der Waals surface area (Å²) in [5.74, 6) is -1.39. The summed E-state index contributed by atoms with van der Waals surface area (Å²) in [7, 11) is -3.53. The number of nitrogens with one attached hydrogen (secondary N) is 1. The maximum Gasteiger partial charge on any atom is 0.469 e. The number of hydrogen-bond donors (Lipinski definition) is 3. The maximum atomic E-state index is 13.0. The lowest BCUT2D eigenvalue weighted by atomic mass is 9.85. The summed E-state index contributed by atoms with van der Waals surface area (Å²) >= 11 is 0. The first kappa shape index (κ1) is 18.2. The first-order valence-corrected chi connectivity index (χ1v) is 8.80. The number of carbonyl (C=O) groups is 2. The van der Waals surface area contributed by atoms with Crippen molar-refractivity contribution in [3.05, 3.63) is 66.5 Å². The summed E-state index contributed by atoms with van der Waals surface area (Å²) in [6, 6.07) is 2.13. The normalized spacial score (nSPS) is 13.5. The van der Waals surface area contributed by atoms with Gasteiger partial charge >= 0.3 is 7.82 Å². The summed E-state index contributed by atoms with van der Waals surface area (Å²) in [6.45, 7) is 0.754. The van der Waals surface area contributed by atoms with E-state index in [0.29, 0.717) is 0 Å². The standard InChI is InChI=1S/C15H13N2O8P/c1-6-3-9(19)17(2)13-10(6)14(20)11-7(5-25-26(22,23)24)4-8(18)16-12(11)15(13)21/h3-4H,5H2,1-2H3,(H,16,18)(H2,22,23,24). The summed E-state index contributed by atoms with van der Waals surface area (Å²) in [6.07, 6.45) is 0. The van der Waals surface area contributed by atoms with Crippen LogP contribution in [0.3, 0.4) is 0 Å². The number of aromatic nitrogens is 2. The van der Waals surface area contributed by atoms with Gasteiger partial charge < -0.3 is 19.3 Å². The van der Waals surface area contributed by atoms with E-state index in [0.717, 1.165) is 10.6 Å². The maximum absolute atomic E-state index is 13.0. The van der Waals surface area contributed by atoms with Gasteiger partial charge in [-0.05, 0) is 18.1 Å². The van der Waals surface area contributed by atoms with Gasteiger partial charge in [0.1, 0.15) is 11.4 Å². The topological polar surface area (TPSA) is 156 Å². The van der Waals surface area contributed by atoms with Gasteiger partial charge in [0, 0.05) is 19.2 Å². The molecule has 0 spiro atoms. The Hall–Kier alpha value is -2.65. The lowest BCUT2D eigenvalue weighted by molar-refractivity contribution is 0.0964. The molecular weight excluding hydrogens is 367 g/mol. The van der Waals surface area contributed by atoms with Gasteiger partial charge in [-0.2, -0.15) is 0 Å². The van der Waals surface area contributed by atoms with E-state index in [4.69, 9.17) is 9.79 Å². The lowest BCUT2D eigenvalue weighted by Gasteiger charge is -2.22. The molecule has 1 aliphatic carbocycles. The average molecular weight is 380 g/mol. The van der Waals surface area contributed by atoms with Gasteiger partial charge in [0.2, 0.25) is 11.3 Å². The first-order valence-electron chi connectivity index (χ1n) is 7.27. The van der Waals surface area contributed by atoms with Crippen LogP contribution >= 0.6 is 7.82 Å². The fraction of sp³-hybridized carbons (Fsp3) is 0.200. The van der Waals surface area contributed by atoms with Crippen molar-refractivity contribution >= 4 is 19.4 Å². The second kappa shape index (κ2) is 5.96. The van der Waals surface area contributed by atoms with Crippen LogP contribution in [0.25, 0.3) is 0 Å². The molecule has 1 aliphatic rings. The molecule has 0 aromatic carbocycles. The Morgan fingerprint density at radius 1 is 1.12 bits per heavy atom. The first-order chi connectivity index (χ1) is 12.0. The zero-order valence-electron chi connectivity index (χ0n) is 13.6. The van der Waals surface area contributed by atoms with Crippen LogP contribution in [0.5, 0.6) is 0 Å². The highest BCUT2D eigenvalue weighted by Gasteiger charge is 2.36. The van der Waals surface area contributed by atoms with Crippen LogP contribution in [0.2, 0.25) is 0 Å². The van der Waals surface area contributed by atoms with Crippen molar-refractivity contribution in [1.82, 2.24) is 9.55 Å². The zero-order chi connectivity index (χ0) is 19.4. The molecular formula is C15H13N2O8P. The molecule has 136 valence electrons. The van der Waals surface area contributed by atoms with Gasteiger partial charge in [0.15, 0.2) is 5.78 Å². The van der Waals surface area contributed by atoms with Crippen molar-refractivity contribution < 1.29 is 28.5 Å². The summed E-state index contributed by atoms with van der Waals surface area (Å²) in [5, 5.41) is 0. The number of rotatable bonds is 3. The van der Waals surface area contributed by atoms with Crippen molar-refractivity contribution in [2.75, 3.05) is 0 Å². The van der Waals surface area contributed by atoms with E-state index >= 15 is 0 Å². The summed E-state index contributed by atoms with van der Waals surface area (Å²) in [5.41, 5.74) is -1.82. The SMILES string of the molecule is Cc1cc(=O)n(C)c2c1C(=O)c1c(COP(=O)(O)O)cc(=O)[nH]c1C2=O. The summed E-state index contributed by atoms with van der Waals surface area (Å²) in [4.78, 5) is 69.5. The van der Waals surface area contributed by atoms with Gasteiger partial charge in [-0.15, -0.1) is 0 Å². The molecule has 0 fully saturated rings. The van der Waals surface area contributed by atoms with Crippen LogP contribution in [0, 0.1) is 6.92 Å². The van der Waals surface area contributed by atoms with Gasteiger partial charge in [0.25, 0.3) is 5.56 Å². The third-order valence-corrected chi connectivity index (χ3v) is 4.51. The average Bonchev–Trinajstić information content (AvgIpc) is 2.52. The number of nitrogens with zero attached hydrogens (tertiary/aromatic N) is 1. The largest absolute Gasteiger partial charge is 0.469 e. The molecule has 3 rings (SSSR count).